The molecule has 2 amide bonds. The van der Waals surface area contributed by atoms with Gasteiger partial charge in [-0.1, -0.05) is 13.3 Å². The summed E-state index contributed by atoms with van der Waals surface area (Å²) in [5.41, 5.74) is 0. The van der Waals surface area contributed by atoms with Gasteiger partial charge in [0.15, 0.2) is 0 Å². The molecule has 0 bridgehead atoms. The van der Waals surface area contributed by atoms with Gasteiger partial charge in [-0.15, -0.1) is 0 Å². The summed E-state index contributed by atoms with van der Waals surface area (Å²) in [5.74, 6) is -0.843. The molecule has 18 heavy (non-hydrogen) atoms. The Morgan fingerprint density at radius 3 is 2.33 bits per heavy atom. The van der Waals surface area contributed by atoms with Crippen molar-refractivity contribution in [1.82, 2.24) is 9.80 Å². The lowest BCUT2D eigenvalue weighted by Gasteiger charge is -2.29. The van der Waals surface area contributed by atoms with Gasteiger partial charge in [0.1, 0.15) is 0 Å². The number of carbonyl (C=O) groups is 2. The van der Waals surface area contributed by atoms with Crippen molar-refractivity contribution < 1.29 is 14.7 Å². The monoisotopic (exact) mass is 256 g/mol. The zero-order valence-electron chi connectivity index (χ0n) is 11.4. The Morgan fingerprint density at radius 1 is 1.22 bits per heavy atom. The summed E-state index contributed by atoms with van der Waals surface area (Å²) in [5, 5.41) is 8.73. The minimum absolute atomic E-state index is 0.00898. The maximum atomic E-state index is 12.3. The van der Waals surface area contributed by atoms with Gasteiger partial charge in [0.25, 0.3) is 0 Å². The highest BCUT2D eigenvalue weighted by Gasteiger charge is 2.34. The van der Waals surface area contributed by atoms with Crippen molar-refractivity contribution in [3.05, 3.63) is 0 Å². The summed E-state index contributed by atoms with van der Waals surface area (Å²) in [7, 11) is 0. The van der Waals surface area contributed by atoms with Crippen molar-refractivity contribution in [1.29, 1.82) is 0 Å². The van der Waals surface area contributed by atoms with Crippen LogP contribution in [0.25, 0.3) is 0 Å². The van der Waals surface area contributed by atoms with E-state index < -0.39 is 5.97 Å². The number of urea groups is 1. The lowest BCUT2D eigenvalue weighted by molar-refractivity contribution is -0.137. The highest BCUT2D eigenvalue weighted by atomic mass is 16.4. The molecule has 0 radical (unpaired) electrons. The fourth-order valence-electron chi connectivity index (χ4n) is 1.96. The minimum atomic E-state index is -0.843. The van der Waals surface area contributed by atoms with Gasteiger partial charge in [-0.3, -0.25) is 4.79 Å². The Balaban J connectivity index is 2.53. The number of carboxylic acid groups (broad SMARTS) is 1. The molecule has 0 aliphatic heterocycles. The quantitative estimate of drug-likeness (QED) is 0.724. The van der Waals surface area contributed by atoms with Gasteiger partial charge in [0, 0.05) is 25.7 Å². The van der Waals surface area contributed by atoms with Crippen LogP contribution in [0, 0.1) is 0 Å². The van der Waals surface area contributed by atoms with Crippen LogP contribution in [-0.4, -0.2) is 52.6 Å². The van der Waals surface area contributed by atoms with Crippen molar-refractivity contribution in [2.24, 2.45) is 0 Å². The lowest BCUT2D eigenvalue weighted by atomic mass is 10.3. The average Bonchev–Trinajstić information content (AvgIpc) is 3.14. The topological polar surface area (TPSA) is 60.9 Å². The van der Waals surface area contributed by atoms with Crippen molar-refractivity contribution in [2.45, 2.75) is 52.0 Å². The molecule has 1 fully saturated rings. The second-order valence-electron chi connectivity index (χ2n) is 4.78. The first-order valence-electron chi connectivity index (χ1n) is 6.87. The summed E-state index contributed by atoms with van der Waals surface area (Å²) < 4.78 is 0. The molecule has 0 aromatic rings. The standard InChI is InChI=1S/C13H24N2O3/c1-3-5-9-14(4-2)13(18)15(11-6-7-11)10-8-12(16)17/h11H,3-10H2,1-2H3,(H,16,17). The third-order valence-corrected chi connectivity index (χ3v) is 3.23. The average molecular weight is 256 g/mol. The largest absolute Gasteiger partial charge is 0.481 e. The van der Waals surface area contributed by atoms with E-state index in [1.165, 1.54) is 0 Å². The van der Waals surface area contributed by atoms with Crippen LogP contribution >= 0.6 is 0 Å². The molecule has 0 aromatic carbocycles. The summed E-state index contributed by atoms with van der Waals surface area (Å²) >= 11 is 0. The normalized spacial score (nSPS) is 14.3. The molecule has 1 aliphatic carbocycles. The van der Waals surface area contributed by atoms with Crippen molar-refractivity contribution in [3.63, 3.8) is 0 Å². The van der Waals surface area contributed by atoms with Crippen molar-refractivity contribution in [3.8, 4) is 0 Å². The molecule has 0 spiro atoms. The number of hydrogen-bond donors (Lipinski definition) is 1. The number of amides is 2. The van der Waals surface area contributed by atoms with E-state index in [9.17, 15) is 9.59 Å². The maximum absolute atomic E-state index is 12.3. The molecular formula is C13H24N2O3. The Labute approximate surface area is 109 Å². The summed E-state index contributed by atoms with van der Waals surface area (Å²) in [6, 6.07) is 0.280. The van der Waals surface area contributed by atoms with E-state index in [1.807, 2.05) is 11.8 Å². The second-order valence-corrected chi connectivity index (χ2v) is 4.78. The zero-order valence-corrected chi connectivity index (χ0v) is 11.4. The molecule has 0 saturated heterocycles. The first-order valence-corrected chi connectivity index (χ1v) is 6.87. The molecule has 0 aromatic heterocycles. The van der Waals surface area contributed by atoms with E-state index in [1.54, 1.807) is 4.90 Å². The lowest BCUT2D eigenvalue weighted by Crippen LogP contribution is -2.45. The van der Waals surface area contributed by atoms with Crippen LogP contribution in [0.4, 0.5) is 4.79 Å². The summed E-state index contributed by atoms with van der Waals surface area (Å²) in [6.07, 6.45) is 4.11. The third kappa shape index (κ3) is 4.55. The number of unbranched alkanes of at least 4 members (excludes halogenated alkanes) is 1. The molecule has 0 heterocycles. The van der Waals surface area contributed by atoms with Gasteiger partial charge in [0.2, 0.25) is 0 Å². The molecule has 5 heteroatoms. The number of rotatable bonds is 8. The Bertz CT molecular complexity index is 290. The first-order chi connectivity index (χ1) is 8.60. The number of carbonyl (C=O) groups excluding carboxylic acids is 1. The van der Waals surface area contributed by atoms with Gasteiger partial charge in [-0.05, 0) is 26.2 Å². The number of nitrogens with zero attached hydrogens (tertiary/aromatic N) is 2. The smallest absolute Gasteiger partial charge is 0.320 e. The third-order valence-electron chi connectivity index (χ3n) is 3.23. The minimum Gasteiger partial charge on any atom is -0.481 e. The van der Waals surface area contributed by atoms with E-state index in [0.717, 1.165) is 32.2 Å². The van der Waals surface area contributed by atoms with Gasteiger partial charge in [0.05, 0.1) is 6.42 Å². The van der Waals surface area contributed by atoms with E-state index in [2.05, 4.69) is 6.92 Å². The molecule has 1 aliphatic rings. The molecular weight excluding hydrogens is 232 g/mol. The first kappa shape index (κ1) is 14.8. The number of hydrogen-bond acceptors (Lipinski definition) is 2. The van der Waals surface area contributed by atoms with E-state index in [4.69, 9.17) is 5.11 Å². The summed E-state index contributed by atoms with van der Waals surface area (Å²) in [4.78, 5) is 26.5. The predicted octanol–water partition coefficient (Wildman–Crippen LogP) is 2.17. The van der Waals surface area contributed by atoms with Gasteiger partial charge >= 0.3 is 12.0 Å². The van der Waals surface area contributed by atoms with Crippen molar-refractivity contribution in [2.75, 3.05) is 19.6 Å². The Morgan fingerprint density at radius 2 is 1.89 bits per heavy atom. The summed E-state index contributed by atoms with van der Waals surface area (Å²) in [6.45, 7) is 5.86. The molecule has 104 valence electrons. The van der Waals surface area contributed by atoms with E-state index in [-0.39, 0.29) is 18.5 Å². The van der Waals surface area contributed by atoms with Crippen LogP contribution < -0.4 is 0 Å². The van der Waals surface area contributed by atoms with Crippen LogP contribution in [0.5, 0.6) is 0 Å². The van der Waals surface area contributed by atoms with Crippen LogP contribution in [0.3, 0.4) is 0 Å². The van der Waals surface area contributed by atoms with Crippen LogP contribution in [0.2, 0.25) is 0 Å². The van der Waals surface area contributed by atoms with E-state index in [0.29, 0.717) is 13.1 Å². The Hall–Kier alpha value is -1.26. The fraction of sp³-hybridized carbons (Fsp3) is 0.846. The Kier molecular flexibility index (Phi) is 5.95. The van der Waals surface area contributed by atoms with Gasteiger partial charge < -0.3 is 14.9 Å². The molecule has 1 rings (SSSR count). The van der Waals surface area contributed by atoms with Crippen LogP contribution in [0.1, 0.15) is 46.0 Å². The fourth-order valence-corrected chi connectivity index (χ4v) is 1.96. The van der Waals surface area contributed by atoms with Gasteiger partial charge in [-0.25, -0.2) is 4.79 Å². The molecule has 1 N–H and O–H groups in total. The predicted molar refractivity (Wildman–Crippen MR) is 69.5 cm³/mol. The highest BCUT2D eigenvalue weighted by Crippen LogP contribution is 2.28. The SMILES string of the molecule is CCCCN(CC)C(=O)N(CCC(=O)O)C1CC1. The van der Waals surface area contributed by atoms with Crippen LogP contribution in [0.15, 0.2) is 0 Å². The van der Waals surface area contributed by atoms with Gasteiger partial charge in [-0.2, -0.15) is 0 Å². The number of carboxylic acids is 1. The second kappa shape index (κ2) is 7.24. The van der Waals surface area contributed by atoms with Crippen molar-refractivity contribution >= 4 is 12.0 Å². The van der Waals surface area contributed by atoms with Crippen LogP contribution in [-0.2, 0) is 4.79 Å². The molecule has 0 atom stereocenters. The zero-order chi connectivity index (χ0) is 13.5. The van der Waals surface area contributed by atoms with E-state index >= 15 is 0 Å². The maximum Gasteiger partial charge on any atom is 0.320 e. The molecule has 1 saturated carbocycles. The molecule has 0 unspecified atom stereocenters. The molecule has 5 nitrogen and oxygen atoms in total. The number of aliphatic carboxylic acids is 1. The highest BCUT2D eigenvalue weighted by molar-refractivity contribution is 5.76.